The van der Waals surface area contributed by atoms with Crippen LogP contribution in [0, 0.1) is 0 Å². The molecule has 0 bridgehead atoms. The molecule has 1 atom stereocenters. The van der Waals surface area contributed by atoms with Gasteiger partial charge < -0.3 is 10.2 Å². The van der Waals surface area contributed by atoms with Crippen LogP contribution in [0.3, 0.4) is 0 Å². The van der Waals surface area contributed by atoms with Gasteiger partial charge in [-0.15, -0.1) is 0 Å². The summed E-state index contributed by atoms with van der Waals surface area (Å²) < 4.78 is 0. The van der Waals surface area contributed by atoms with Gasteiger partial charge >= 0.3 is 5.97 Å². The Labute approximate surface area is 82.3 Å². The summed E-state index contributed by atoms with van der Waals surface area (Å²) >= 11 is 0. The molecule has 0 spiro atoms. The summed E-state index contributed by atoms with van der Waals surface area (Å²) in [6, 6.07) is 8.97. The largest absolute Gasteiger partial charge is 0.478 e. The smallest absolute Gasteiger partial charge is 0.328 e. The maximum Gasteiger partial charge on any atom is 0.328 e. The summed E-state index contributed by atoms with van der Waals surface area (Å²) in [7, 11) is 0. The lowest BCUT2D eigenvalue weighted by molar-refractivity contribution is -0.131. The highest BCUT2D eigenvalue weighted by molar-refractivity contribution is 5.90. The molecule has 0 aliphatic heterocycles. The summed E-state index contributed by atoms with van der Waals surface area (Å²) in [4.78, 5) is 10.5. The van der Waals surface area contributed by atoms with Crippen molar-refractivity contribution in [1.29, 1.82) is 0 Å². The first kappa shape index (κ1) is 10.5. The second kappa shape index (κ2) is 4.58. The Bertz CT molecular complexity index is 339. The number of carboxylic acids is 1. The minimum atomic E-state index is -1.05. The third-order valence-corrected chi connectivity index (χ3v) is 1.84. The van der Waals surface area contributed by atoms with Crippen LogP contribution in [0.4, 0.5) is 0 Å². The summed E-state index contributed by atoms with van der Waals surface area (Å²) in [6.07, 6.45) is 0.244. The van der Waals surface area contributed by atoms with Crippen molar-refractivity contribution in [2.24, 2.45) is 0 Å². The van der Waals surface area contributed by atoms with E-state index in [0.717, 1.165) is 11.6 Å². The quantitative estimate of drug-likeness (QED) is 0.714. The zero-order valence-corrected chi connectivity index (χ0v) is 7.84. The van der Waals surface area contributed by atoms with Crippen molar-refractivity contribution in [3.63, 3.8) is 0 Å². The molecule has 3 heteroatoms. The van der Waals surface area contributed by atoms with Gasteiger partial charge in [0.05, 0.1) is 6.10 Å². The predicted molar refractivity (Wildman–Crippen MR) is 53.7 cm³/mol. The minimum absolute atomic E-state index is 0.415. The van der Waals surface area contributed by atoms with E-state index < -0.39 is 12.1 Å². The SMILES string of the molecule is CC(O)/C(=C/C(=O)O)c1ccccc1. The normalized spacial score (nSPS) is 13.7. The van der Waals surface area contributed by atoms with Crippen molar-refractivity contribution in [2.45, 2.75) is 13.0 Å². The summed E-state index contributed by atoms with van der Waals surface area (Å²) in [6.45, 7) is 1.54. The molecule has 0 saturated heterocycles. The van der Waals surface area contributed by atoms with Crippen LogP contribution in [0.1, 0.15) is 12.5 Å². The van der Waals surface area contributed by atoms with E-state index in [4.69, 9.17) is 5.11 Å². The van der Waals surface area contributed by atoms with Crippen molar-refractivity contribution >= 4 is 11.5 Å². The zero-order valence-electron chi connectivity index (χ0n) is 7.84. The van der Waals surface area contributed by atoms with Gasteiger partial charge in [-0.2, -0.15) is 0 Å². The number of aliphatic carboxylic acids is 1. The summed E-state index contributed by atoms with van der Waals surface area (Å²) in [5, 5.41) is 18.0. The molecule has 0 aliphatic rings. The molecular formula is C11H12O3. The molecule has 1 aromatic carbocycles. The van der Waals surface area contributed by atoms with Gasteiger partial charge in [0.2, 0.25) is 0 Å². The van der Waals surface area contributed by atoms with Crippen LogP contribution in [-0.2, 0) is 4.79 Å². The highest BCUT2D eigenvalue weighted by Gasteiger charge is 2.08. The van der Waals surface area contributed by atoms with Crippen molar-refractivity contribution in [3.8, 4) is 0 Å². The lowest BCUT2D eigenvalue weighted by Gasteiger charge is -2.09. The molecule has 2 N–H and O–H groups in total. The fourth-order valence-electron chi connectivity index (χ4n) is 1.21. The van der Waals surface area contributed by atoms with E-state index in [9.17, 15) is 9.90 Å². The number of carbonyl (C=O) groups is 1. The van der Waals surface area contributed by atoms with Gasteiger partial charge in [-0.05, 0) is 18.1 Å². The Morgan fingerprint density at radius 1 is 1.36 bits per heavy atom. The fourth-order valence-corrected chi connectivity index (χ4v) is 1.21. The van der Waals surface area contributed by atoms with E-state index in [1.165, 1.54) is 0 Å². The molecular weight excluding hydrogens is 180 g/mol. The number of carboxylic acid groups (broad SMARTS) is 1. The predicted octanol–water partition coefficient (Wildman–Crippen LogP) is 1.54. The lowest BCUT2D eigenvalue weighted by atomic mass is 10.0. The minimum Gasteiger partial charge on any atom is -0.478 e. The van der Waals surface area contributed by atoms with Crippen LogP contribution in [0.15, 0.2) is 36.4 Å². The highest BCUT2D eigenvalue weighted by Crippen LogP contribution is 2.17. The number of hydrogen-bond acceptors (Lipinski definition) is 2. The summed E-state index contributed by atoms with van der Waals surface area (Å²) in [5.74, 6) is -1.05. The first-order valence-electron chi connectivity index (χ1n) is 4.29. The van der Waals surface area contributed by atoms with E-state index in [-0.39, 0.29) is 0 Å². The van der Waals surface area contributed by atoms with Crippen molar-refractivity contribution in [2.75, 3.05) is 0 Å². The van der Waals surface area contributed by atoms with E-state index in [1.807, 2.05) is 6.07 Å². The number of aliphatic hydroxyl groups excluding tert-OH is 1. The maximum absolute atomic E-state index is 10.5. The molecule has 0 heterocycles. The van der Waals surface area contributed by atoms with E-state index >= 15 is 0 Å². The second-order valence-corrected chi connectivity index (χ2v) is 2.98. The monoisotopic (exact) mass is 192 g/mol. The molecule has 1 aromatic rings. The van der Waals surface area contributed by atoms with Gasteiger partial charge in [-0.3, -0.25) is 0 Å². The molecule has 0 fully saturated rings. The molecule has 14 heavy (non-hydrogen) atoms. The Morgan fingerprint density at radius 2 is 1.93 bits per heavy atom. The molecule has 0 amide bonds. The molecule has 0 aromatic heterocycles. The third-order valence-electron chi connectivity index (χ3n) is 1.84. The lowest BCUT2D eigenvalue weighted by Crippen LogP contribution is -2.06. The van der Waals surface area contributed by atoms with Gasteiger partial charge in [-0.25, -0.2) is 4.79 Å². The topological polar surface area (TPSA) is 57.5 Å². The van der Waals surface area contributed by atoms with Gasteiger partial charge in [-0.1, -0.05) is 30.3 Å². The van der Waals surface area contributed by atoms with E-state index in [1.54, 1.807) is 31.2 Å². The first-order chi connectivity index (χ1) is 6.61. The number of rotatable bonds is 3. The average Bonchev–Trinajstić information content (AvgIpc) is 2.15. The number of benzene rings is 1. The Balaban J connectivity index is 3.08. The molecule has 0 aliphatic carbocycles. The van der Waals surface area contributed by atoms with Gasteiger partial charge in [0, 0.05) is 6.08 Å². The summed E-state index contributed by atoms with van der Waals surface area (Å²) in [5.41, 5.74) is 1.14. The molecule has 1 rings (SSSR count). The number of aliphatic hydroxyl groups is 1. The zero-order chi connectivity index (χ0) is 10.6. The van der Waals surface area contributed by atoms with Crippen molar-refractivity contribution < 1.29 is 15.0 Å². The van der Waals surface area contributed by atoms with Crippen LogP contribution in [-0.4, -0.2) is 22.3 Å². The van der Waals surface area contributed by atoms with Crippen LogP contribution >= 0.6 is 0 Å². The van der Waals surface area contributed by atoms with E-state index in [0.29, 0.717) is 5.57 Å². The van der Waals surface area contributed by atoms with Crippen molar-refractivity contribution in [1.82, 2.24) is 0 Å². The fraction of sp³-hybridized carbons (Fsp3) is 0.182. The highest BCUT2D eigenvalue weighted by atomic mass is 16.4. The van der Waals surface area contributed by atoms with E-state index in [2.05, 4.69) is 0 Å². The molecule has 3 nitrogen and oxygen atoms in total. The molecule has 74 valence electrons. The number of hydrogen-bond donors (Lipinski definition) is 2. The average molecular weight is 192 g/mol. The third kappa shape index (κ3) is 2.71. The second-order valence-electron chi connectivity index (χ2n) is 2.98. The van der Waals surface area contributed by atoms with Crippen LogP contribution in [0.25, 0.3) is 5.57 Å². The van der Waals surface area contributed by atoms with Crippen LogP contribution in [0.2, 0.25) is 0 Å². The van der Waals surface area contributed by atoms with Gasteiger partial charge in [0.15, 0.2) is 0 Å². The van der Waals surface area contributed by atoms with Gasteiger partial charge in [0.1, 0.15) is 0 Å². The van der Waals surface area contributed by atoms with Crippen molar-refractivity contribution in [3.05, 3.63) is 42.0 Å². The maximum atomic E-state index is 10.5. The van der Waals surface area contributed by atoms with Gasteiger partial charge in [0.25, 0.3) is 0 Å². The Kier molecular flexibility index (Phi) is 3.42. The molecule has 1 unspecified atom stereocenters. The van der Waals surface area contributed by atoms with Crippen LogP contribution in [0.5, 0.6) is 0 Å². The van der Waals surface area contributed by atoms with Crippen LogP contribution < -0.4 is 0 Å². The first-order valence-corrected chi connectivity index (χ1v) is 4.29. The molecule has 0 radical (unpaired) electrons. The Hall–Kier alpha value is -1.61. The molecule has 0 saturated carbocycles. The standard InChI is InChI=1S/C11H12O3/c1-8(12)10(7-11(13)14)9-5-3-2-4-6-9/h2-8,12H,1H3,(H,13,14)/b10-7-. The Morgan fingerprint density at radius 3 is 2.36 bits per heavy atom.